The Morgan fingerprint density at radius 2 is 0.504 bits per heavy atom. The van der Waals surface area contributed by atoms with E-state index in [0.717, 1.165) is 145 Å². The van der Waals surface area contributed by atoms with Crippen LogP contribution in [-0.4, -0.2) is 13.9 Å². The van der Waals surface area contributed by atoms with Gasteiger partial charge in [-0.2, -0.15) is 21.6 Å². The SMILES string of the molecule is C.O=S(=O)(Oc1cc(N(c2ccccc2)c2ccccc2)c2oc3cc(N(c4ccccc4)c4ccccc4)ccc3c2c1)C(F)(F)F.c1ccc(N(c2ccccc2)c2ccc3c(c2)oc2c(N(c4ccccc4)c4ccccc4)cc(N(c4ccccc4)c4ccc5c(c4)oc4ccccc45)cc23)cc1.c1ccc(Nc2ccc3c(c2)oc2ccccc23)cc1. The first-order chi connectivity index (χ1) is 61.9. The van der Waals surface area contributed by atoms with Crippen LogP contribution in [0.1, 0.15) is 7.43 Å². The van der Waals surface area contributed by atoms with Gasteiger partial charge in [0.1, 0.15) is 39.2 Å². The molecule has 0 saturated carbocycles. The molecule has 22 aromatic rings. The molecule has 17 heteroatoms. The van der Waals surface area contributed by atoms with Crippen molar-refractivity contribution in [2.75, 3.05) is 29.8 Å². The molecule has 13 nitrogen and oxygen atoms in total. The van der Waals surface area contributed by atoms with Gasteiger partial charge in [0.2, 0.25) is 0 Å². The Hall–Kier alpha value is -16.5. The number of hydrogen-bond donors (Lipinski definition) is 1. The lowest BCUT2D eigenvalue weighted by Gasteiger charge is -2.29. The molecule has 0 spiro atoms. The molecule has 618 valence electrons. The molecule has 0 bridgehead atoms. The van der Waals surface area contributed by atoms with Crippen LogP contribution in [0.4, 0.5) is 110 Å². The predicted molar refractivity (Wildman–Crippen MR) is 514 cm³/mol. The number of nitrogens with zero attached hydrogens (tertiary/aromatic N) is 5. The maximum atomic E-state index is 13.5. The molecule has 127 heavy (non-hydrogen) atoms. The number of nitrogens with one attached hydrogen (secondary N) is 1. The highest BCUT2D eigenvalue weighted by Gasteiger charge is 2.49. The monoisotopic (exact) mass is 1680 g/mol. The van der Waals surface area contributed by atoms with Crippen LogP contribution in [0.2, 0.25) is 0 Å². The van der Waals surface area contributed by atoms with Crippen molar-refractivity contribution < 1.29 is 43.4 Å². The van der Waals surface area contributed by atoms with E-state index in [2.05, 4.69) is 243 Å². The number of halogens is 3. The third kappa shape index (κ3) is 16.2. The lowest BCUT2D eigenvalue weighted by Crippen LogP contribution is -2.28. The van der Waals surface area contributed by atoms with E-state index in [0.29, 0.717) is 33.3 Å². The van der Waals surface area contributed by atoms with Gasteiger partial charge in [-0.3, -0.25) is 0 Å². The van der Waals surface area contributed by atoms with E-state index in [1.165, 1.54) is 12.1 Å². The summed E-state index contributed by atoms with van der Waals surface area (Å²) in [5.41, 5.74) is 15.7. The first-order valence-electron chi connectivity index (χ1n) is 41.0. The van der Waals surface area contributed by atoms with Crippen molar-refractivity contribution >= 4 is 195 Å². The summed E-state index contributed by atoms with van der Waals surface area (Å²) in [7, 11) is -5.96. The van der Waals surface area contributed by atoms with Crippen molar-refractivity contribution in [2.24, 2.45) is 0 Å². The van der Waals surface area contributed by atoms with Gasteiger partial charge in [0.15, 0.2) is 11.2 Å². The van der Waals surface area contributed by atoms with Gasteiger partial charge < -0.3 is 51.7 Å². The van der Waals surface area contributed by atoms with Crippen molar-refractivity contribution in [3.63, 3.8) is 0 Å². The molecule has 1 N–H and O–H groups in total. The average molecular weight is 1690 g/mol. The number of anilines is 17. The Kier molecular flexibility index (Phi) is 22.0. The highest BCUT2D eigenvalue weighted by atomic mass is 32.2. The molecule has 0 atom stereocenters. The minimum Gasteiger partial charge on any atom is -0.456 e. The lowest BCUT2D eigenvalue weighted by molar-refractivity contribution is -0.0500. The van der Waals surface area contributed by atoms with E-state index in [-0.39, 0.29) is 13.1 Å². The number of para-hydroxylation sites is 12. The normalized spacial score (nSPS) is 11.4. The zero-order valence-electron chi connectivity index (χ0n) is 67.4. The van der Waals surface area contributed by atoms with Gasteiger partial charge in [-0.25, -0.2) is 0 Å². The molecule has 0 saturated heterocycles. The zero-order valence-corrected chi connectivity index (χ0v) is 68.2. The molecule has 18 aromatic carbocycles. The van der Waals surface area contributed by atoms with Gasteiger partial charge >= 0.3 is 15.6 Å². The number of hydrogen-bond acceptors (Lipinski definition) is 13. The maximum absolute atomic E-state index is 13.5. The van der Waals surface area contributed by atoms with Crippen molar-refractivity contribution in [3.05, 3.63) is 449 Å². The molecule has 0 aliphatic rings. The lowest BCUT2D eigenvalue weighted by atomic mass is 10.1. The Labute approximate surface area is 730 Å². The fourth-order valence-corrected chi connectivity index (χ4v) is 16.8. The molecule has 0 fully saturated rings. The largest absolute Gasteiger partial charge is 0.534 e. The summed E-state index contributed by atoms with van der Waals surface area (Å²) in [6.45, 7) is 0. The number of alkyl halides is 3. The Morgan fingerprint density at radius 3 is 0.866 bits per heavy atom. The van der Waals surface area contributed by atoms with Gasteiger partial charge in [-0.15, -0.1) is 0 Å². The minimum absolute atomic E-state index is 0. The summed E-state index contributed by atoms with van der Waals surface area (Å²) < 4.78 is 95.4. The highest BCUT2D eigenvalue weighted by molar-refractivity contribution is 7.88. The van der Waals surface area contributed by atoms with Crippen molar-refractivity contribution in [1.29, 1.82) is 0 Å². The molecule has 0 radical (unpaired) electrons. The van der Waals surface area contributed by atoms with Crippen LogP contribution in [0.5, 0.6) is 5.75 Å². The first kappa shape index (κ1) is 80.2. The molecular formula is C110H79F3N6O7S. The molecule has 0 amide bonds. The van der Waals surface area contributed by atoms with Crippen LogP contribution in [0.3, 0.4) is 0 Å². The van der Waals surface area contributed by atoms with Gasteiger partial charge in [-0.1, -0.05) is 226 Å². The number of benzene rings is 18. The van der Waals surface area contributed by atoms with E-state index in [4.69, 9.17) is 21.9 Å². The molecule has 0 aliphatic heterocycles. The van der Waals surface area contributed by atoms with Crippen LogP contribution < -0.4 is 34.0 Å². The standard InChI is InChI=1S/C54H37N3O2.C37H25F3N2O4S.C18H13NO.CH4/c1-6-18-38(19-7-1)55(39-20-8-2-9-21-39)43-31-33-48-49-34-45(35-50(54(49)59-53(48)37-43)57(41-24-12-4-13-25-41)42-26-14-5-15-27-42)56(40-22-10-3-11-23-40)44-30-32-47-46-28-16-17-29-51(46)58-52(47)36-44;38-37(39,40)47(43,44)46-31-24-33-32-22-21-30(41(26-13-5-1-6-14-26)27-15-7-2-8-16-27)23-35(32)45-36(33)34(25-31)42(28-17-9-3-10-18-28)29-19-11-4-12-20-29;1-2-6-13(7-3-1)19-14-10-11-16-15-8-4-5-9-17(15)20-18(16)12-14;/h1-37H;1-25H;1-12,19H;1H4. The van der Waals surface area contributed by atoms with Gasteiger partial charge in [-0.05, 0) is 200 Å². The summed E-state index contributed by atoms with van der Waals surface area (Å²) in [6, 6.07) is 149. The van der Waals surface area contributed by atoms with Crippen LogP contribution in [0.15, 0.2) is 467 Å². The van der Waals surface area contributed by atoms with Crippen molar-refractivity contribution in [2.45, 2.75) is 12.9 Å². The quantitative estimate of drug-likeness (QED) is 0.0611. The predicted octanol–water partition coefficient (Wildman–Crippen LogP) is 32.6. The van der Waals surface area contributed by atoms with Crippen LogP contribution >= 0.6 is 0 Å². The molecule has 0 unspecified atom stereocenters. The maximum Gasteiger partial charge on any atom is 0.534 e. The summed E-state index contributed by atoms with van der Waals surface area (Å²) in [6.07, 6.45) is 0. The Bertz CT molecular complexity index is 7580. The van der Waals surface area contributed by atoms with Gasteiger partial charge in [0, 0.05) is 159 Å². The van der Waals surface area contributed by atoms with E-state index < -0.39 is 21.4 Å². The summed E-state index contributed by atoms with van der Waals surface area (Å²) in [4.78, 5) is 10.7. The topological polar surface area (TPSA) is 124 Å². The fraction of sp³-hybridized carbons (Fsp3) is 0.0182. The third-order valence-corrected chi connectivity index (χ3v) is 22.9. The van der Waals surface area contributed by atoms with Crippen LogP contribution in [-0.2, 0) is 10.1 Å². The highest BCUT2D eigenvalue weighted by Crippen LogP contribution is 2.51. The van der Waals surface area contributed by atoms with Gasteiger partial charge in [0.25, 0.3) is 0 Å². The number of rotatable bonds is 19. The first-order valence-corrected chi connectivity index (χ1v) is 42.4. The molecular weight excluding hydrogens is 1610 g/mol. The van der Waals surface area contributed by atoms with Crippen molar-refractivity contribution in [3.8, 4) is 5.75 Å². The Morgan fingerprint density at radius 1 is 0.228 bits per heavy atom. The van der Waals surface area contributed by atoms with Crippen molar-refractivity contribution in [1.82, 2.24) is 0 Å². The average Bonchev–Trinajstić information content (AvgIpc) is 1.62. The number of fused-ring (bicyclic) bond motifs is 12. The van der Waals surface area contributed by atoms with Crippen LogP contribution in [0, 0.1) is 0 Å². The molecule has 4 aromatic heterocycles. The zero-order chi connectivity index (χ0) is 85.1. The van der Waals surface area contributed by atoms with Gasteiger partial charge in [0.05, 0.1) is 11.4 Å². The second kappa shape index (κ2) is 34.8. The van der Waals surface area contributed by atoms with E-state index in [1.54, 1.807) is 11.0 Å². The summed E-state index contributed by atoms with van der Waals surface area (Å²) >= 11 is 0. The van der Waals surface area contributed by atoms with E-state index in [1.807, 2.05) is 212 Å². The summed E-state index contributed by atoms with van der Waals surface area (Å²) in [5, 5.41) is 10.8. The molecule has 22 rings (SSSR count). The minimum atomic E-state index is -5.96. The molecule has 4 heterocycles. The molecule has 0 aliphatic carbocycles. The van der Waals surface area contributed by atoms with E-state index >= 15 is 0 Å². The Balaban J connectivity index is 0.000000137. The smallest absolute Gasteiger partial charge is 0.456 e. The summed E-state index contributed by atoms with van der Waals surface area (Å²) in [5.74, 6) is -0.510. The number of furan rings is 4. The second-order valence-electron chi connectivity index (χ2n) is 30.0. The van der Waals surface area contributed by atoms with E-state index in [9.17, 15) is 21.6 Å². The second-order valence-corrected chi connectivity index (χ2v) is 31.5. The third-order valence-electron chi connectivity index (χ3n) is 22.0. The fourth-order valence-electron chi connectivity index (χ4n) is 16.4. The van der Waals surface area contributed by atoms with Crippen LogP contribution in [0.25, 0.3) is 87.8 Å².